The molecule has 2 aliphatic heterocycles. The highest BCUT2D eigenvalue weighted by molar-refractivity contribution is 6.09. The molecule has 0 unspecified atom stereocenters. The molecular formula is C34H31F5N4O. The van der Waals surface area contributed by atoms with Gasteiger partial charge in [0.05, 0.1) is 11.1 Å². The van der Waals surface area contributed by atoms with Gasteiger partial charge < -0.3 is 4.90 Å². The number of alkyl halides is 3. The van der Waals surface area contributed by atoms with Crippen LogP contribution in [0.5, 0.6) is 0 Å². The number of amides is 1. The van der Waals surface area contributed by atoms with Gasteiger partial charge in [-0.05, 0) is 105 Å². The van der Waals surface area contributed by atoms with Crippen molar-refractivity contribution in [3.63, 3.8) is 0 Å². The number of halogens is 5. The Morgan fingerprint density at radius 1 is 0.864 bits per heavy atom. The number of likely N-dealkylation sites (tertiary alicyclic amines) is 1. The summed E-state index contributed by atoms with van der Waals surface area (Å²) < 4.78 is 68.2. The SMILES string of the molecule is CC1=NC(c2ccc(F)cc2)(c2ccc(F)cc2)C(=O)N1CCCN1CCC(c2ccnc3c(C(F)(F)F)cccc23)CC1. The summed E-state index contributed by atoms with van der Waals surface area (Å²) >= 11 is 0. The second-order valence-electron chi connectivity index (χ2n) is 11.4. The molecule has 0 atom stereocenters. The first-order chi connectivity index (χ1) is 21.1. The number of hydrogen-bond donors (Lipinski definition) is 0. The number of fused-ring (bicyclic) bond motifs is 1. The van der Waals surface area contributed by atoms with Gasteiger partial charge in [0.15, 0.2) is 5.54 Å². The summed E-state index contributed by atoms with van der Waals surface area (Å²) in [7, 11) is 0. The molecule has 0 saturated carbocycles. The monoisotopic (exact) mass is 606 g/mol. The summed E-state index contributed by atoms with van der Waals surface area (Å²) in [5, 5.41) is 0.550. The highest BCUT2D eigenvalue weighted by Crippen LogP contribution is 2.41. The van der Waals surface area contributed by atoms with Gasteiger partial charge in [-0.2, -0.15) is 13.2 Å². The maximum absolute atomic E-state index is 14.0. The van der Waals surface area contributed by atoms with Gasteiger partial charge in [0.1, 0.15) is 17.5 Å². The van der Waals surface area contributed by atoms with Crippen molar-refractivity contribution in [2.45, 2.75) is 43.8 Å². The number of carbonyl (C=O) groups is 1. The Hall–Kier alpha value is -4.18. The molecule has 1 fully saturated rings. The number of aliphatic imine (C=N–C) groups is 1. The van der Waals surface area contributed by atoms with Crippen molar-refractivity contribution in [2.75, 3.05) is 26.2 Å². The summed E-state index contributed by atoms with van der Waals surface area (Å²) in [6.07, 6.45) is -0.715. The summed E-state index contributed by atoms with van der Waals surface area (Å²) in [6.45, 7) is 4.49. The van der Waals surface area contributed by atoms with Gasteiger partial charge in [0.25, 0.3) is 5.91 Å². The molecule has 6 rings (SSSR count). The Morgan fingerprint density at radius 3 is 2.07 bits per heavy atom. The third-order valence-corrected chi connectivity index (χ3v) is 8.79. The van der Waals surface area contributed by atoms with E-state index in [4.69, 9.17) is 4.99 Å². The van der Waals surface area contributed by atoms with Crippen molar-refractivity contribution in [3.8, 4) is 0 Å². The van der Waals surface area contributed by atoms with E-state index in [0.717, 1.165) is 44.1 Å². The van der Waals surface area contributed by atoms with E-state index >= 15 is 0 Å². The van der Waals surface area contributed by atoms with Crippen LogP contribution in [-0.4, -0.2) is 52.7 Å². The topological polar surface area (TPSA) is 48.8 Å². The van der Waals surface area contributed by atoms with Crippen LogP contribution in [0.1, 0.15) is 54.4 Å². The minimum atomic E-state index is -4.47. The molecule has 1 saturated heterocycles. The number of hydrogen-bond acceptors (Lipinski definition) is 4. The largest absolute Gasteiger partial charge is 0.418 e. The van der Waals surface area contributed by atoms with E-state index in [1.54, 1.807) is 17.9 Å². The van der Waals surface area contributed by atoms with Crippen LogP contribution in [-0.2, 0) is 16.5 Å². The maximum Gasteiger partial charge on any atom is 0.418 e. The van der Waals surface area contributed by atoms with E-state index in [1.807, 2.05) is 6.07 Å². The number of pyridine rings is 1. The number of benzene rings is 3. The lowest BCUT2D eigenvalue weighted by Crippen LogP contribution is -2.43. The maximum atomic E-state index is 14.0. The zero-order valence-corrected chi connectivity index (χ0v) is 24.1. The van der Waals surface area contributed by atoms with Gasteiger partial charge in [0.2, 0.25) is 0 Å². The predicted octanol–water partition coefficient (Wildman–Crippen LogP) is 7.31. The van der Waals surface area contributed by atoms with Crippen molar-refractivity contribution in [1.82, 2.24) is 14.8 Å². The first kappa shape index (κ1) is 29.9. The van der Waals surface area contributed by atoms with Gasteiger partial charge in [0, 0.05) is 18.1 Å². The number of para-hydroxylation sites is 1. The van der Waals surface area contributed by atoms with Crippen LogP contribution in [0.3, 0.4) is 0 Å². The number of rotatable bonds is 7. The molecular weight excluding hydrogens is 575 g/mol. The quantitative estimate of drug-likeness (QED) is 0.208. The Balaban J connectivity index is 1.12. The van der Waals surface area contributed by atoms with E-state index in [1.165, 1.54) is 60.8 Å². The average Bonchev–Trinajstić information content (AvgIpc) is 3.27. The molecule has 1 amide bonds. The van der Waals surface area contributed by atoms with Gasteiger partial charge in [-0.3, -0.25) is 14.7 Å². The lowest BCUT2D eigenvalue weighted by atomic mass is 9.82. The van der Waals surface area contributed by atoms with Crippen LogP contribution in [0, 0.1) is 11.6 Å². The van der Waals surface area contributed by atoms with Crippen LogP contribution in [0.2, 0.25) is 0 Å². The standard InChI is InChI=1S/C34H31F5N4O/c1-22-41-33(24-6-10-26(35)11-7-24,25-8-12-27(36)13-9-25)32(44)43(22)19-3-18-42-20-15-23(16-21-42)28-14-17-40-31-29(28)4-2-5-30(31)34(37,38)39/h2,4-14,17,23H,3,15-16,18-21H2,1H3. The van der Waals surface area contributed by atoms with Crippen molar-refractivity contribution >= 4 is 22.6 Å². The molecule has 0 aliphatic carbocycles. The third kappa shape index (κ3) is 5.47. The highest BCUT2D eigenvalue weighted by Gasteiger charge is 2.49. The number of aromatic nitrogens is 1. The zero-order valence-electron chi connectivity index (χ0n) is 24.1. The van der Waals surface area contributed by atoms with Gasteiger partial charge in [-0.1, -0.05) is 36.4 Å². The summed E-state index contributed by atoms with van der Waals surface area (Å²) in [5.41, 5.74) is -0.246. The lowest BCUT2D eigenvalue weighted by molar-refractivity contribution is -0.136. The molecule has 0 radical (unpaired) electrons. The molecule has 44 heavy (non-hydrogen) atoms. The normalized spacial score (nSPS) is 17.8. The highest BCUT2D eigenvalue weighted by atomic mass is 19.4. The fraction of sp³-hybridized carbons (Fsp3) is 0.324. The molecule has 5 nitrogen and oxygen atoms in total. The van der Waals surface area contributed by atoms with Crippen LogP contribution in [0.4, 0.5) is 22.0 Å². The second-order valence-corrected chi connectivity index (χ2v) is 11.4. The van der Waals surface area contributed by atoms with Crippen LogP contribution in [0.15, 0.2) is 84.0 Å². The Labute approximate surface area is 252 Å². The molecule has 10 heteroatoms. The molecule has 228 valence electrons. The number of amidine groups is 1. The minimum absolute atomic E-state index is 0.00963. The van der Waals surface area contributed by atoms with Crippen molar-refractivity contribution in [1.29, 1.82) is 0 Å². The number of nitrogens with zero attached hydrogens (tertiary/aromatic N) is 4. The molecule has 3 aromatic carbocycles. The molecule has 0 N–H and O–H groups in total. The molecule has 3 heterocycles. The van der Waals surface area contributed by atoms with Crippen molar-refractivity contribution < 1.29 is 26.7 Å². The summed E-state index contributed by atoms with van der Waals surface area (Å²) in [5.74, 6) is -0.474. The average molecular weight is 607 g/mol. The number of piperidine rings is 1. The molecule has 2 aliphatic rings. The summed E-state index contributed by atoms with van der Waals surface area (Å²) in [4.78, 5) is 26.8. The first-order valence-corrected chi connectivity index (χ1v) is 14.7. The van der Waals surface area contributed by atoms with Crippen LogP contribution >= 0.6 is 0 Å². The van der Waals surface area contributed by atoms with Crippen molar-refractivity contribution in [3.05, 3.63) is 113 Å². The molecule has 0 spiro atoms. The van der Waals surface area contributed by atoms with Crippen molar-refractivity contribution in [2.24, 2.45) is 4.99 Å². The van der Waals surface area contributed by atoms with Crippen LogP contribution in [0.25, 0.3) is 10.9 Å². The summed E-state index contributed by atoms with van der Waals surface area (Å²) in [6, 6.07) is 17.4. The Kier molecular flexibility index (Phi) is 7.96. The molecule has 1 aromatic heterocycles. The van der Waals surface area contributed by atoms with E-state index in [0.29, 0.717) is 35.3 Å². The Bertz CT molecular complexity index is 1650. The second kappa shape index (κ2) is 11.7. The van der Waals surface area contributed by atoms with Crippen LogP contribution < -0.4 is 0 Å². The first-order valence-electron chi connectivity index (χ1n) is 14.7. The molecule has 0 bridgehead atoms. The van der Waals surface area contributed by atoms with Gasteiger partial charge in [-0.15, -0.1) is 0 Å². The van der Waals surface area contributed by atoms with E-state index in [2.05, 4.69) is 9.88 Å². The van der Waals surface area contributed by atoms with E-state index in [-0.39, 0.29) is 17.3 Å². The van der Waals surface area contributed by atoms with Gasteiger partial charge in [-0.25, -0.2) is 13.8 Å². The van der Waals surface area contributed by atoms with E-state index < -0.39 is 28.9 Å². The fourth-order valence-corrected chi connectivity index (χ4v) is 6.58. The lowest BCUT2D eigenvalue weighted by Gasteiger charge is -2.33. The molecule has 4 aromatic rings. The Morgan fingerprint density at radius 2 is 1.48 bits per heavy atom. The fourth-order valence-electron chi connectivity index (χ4n) is 6.58. The zero-order chi connectivity index (χ0) is 31.1. The van der Waals surface area contributed by atoms with E-state index in [9.17, 15) is 26.7 Å². The predicted molar refractivity (Wildman–Crippen MR) is 158 cm³/mol. The third-order valence-electron chi connectivity index (χ3n) is 8.79. The number of carbonyl (C=O) groups excluding carboxylic acids is 1. The smallest absolute Gasteiger partial charge is 0.303 e. The van der Waals surface area contributed by atoms with Gasteiger partial charge >= 0.3 is 6.18 Å². The minimum Gasteiger partial charge on any atom is -0.303 e.